The average Bonchev–Trinajstić information content (AvgIpc) is 3.15. The summed E-state index contributed by atoms with van der Waals surface area (Å²) in [5.74, 6) is 0.797. The van der Waals surface area contributed by atoms with Crippen LogP contribution in [0.1, 0.15) is 48.5 Å². The first-order valence-electron chi connectivity index (χ1n) is 10.8. The maximum atomic E-state index is 13.6. The third-order valence-corrected chi connectivity index (χ3v) is 6.64. The number of hydrogen-bond donors (Lipinski definition) is 0. The van der Waals surface area contributed by atoms with Crippen LogP contribution in [-0.4, -0.2) is 19.2 Å². The molecule has 2 fully saturated rings. The van der Waals surface area contributed by atoms with Gasteiger partial charge in [-0.05, 0) is 61.3 Å². The number of carbonyl (C=O) groups is 1. The molecule has 30 heavy (non-hydrogen) atoms. The van der Waals surface area contributed by atoms with Crippen LogP contribution in [0.5, 0.6) is 0 Å². The highest BCUT2D eigenvalue weighted by molar-refractivity contribution is 5.81. The predicted molar refractivity (Wildman–Crippen MR) is 114 cm³/mol. The molecule has 3 unspecified atom stereocenters. The normalized spacial score (nSPS) is 26.6. The van der Waals surface area contributed by atoms with Crippen molar-refractivity contribution in [2.24, 2.45) is 17.8 Å². The van der Waals surface area contributed by atoms with E-state index < -0.39 is 0 Å². The van der Waals surface area contributed by atoms with Crippen LogP contribution in [0.4, 0.5) is 4.39 Å². The van der Waals surface area contributed by atoms with Gasteiger partial charge in [-0.2, -0.15) is 0 Å². The van der Waals surface area contributed by atoms with Crippen LogP contribution in [0, 0.1) is 30.5 Å². The zero-order chi connectivity index (χ0) is 21.1. The Balaban J connectivity index is 1.64. The molecule has 2 aromatic carbocycles. The molecule has 0 N–H and O–H groups in total. The van der Waals surface area contributed by atoms with E-state index in [1.807, 2.05) is 6.08 Å². The van der Waals surface area contributed by atoms with Gasteiger partial charge in [0.15, 0.2) is 0 Å². The van der Waals surface area contributed by atoms with E-state index in [1.54, 1.807) is 18.2 Å². The molecule has 0 aromatic heterocycles. The minimum absolute atomic E-state index is 0.00788. The summed E-state index contributed by atoms with van der Waals surface area (Å²) in [7, 11) is 1.40. The number of rotatable bonds is 6. The van der Waals surface area contributed by atoms with E-state index in [2.05, 4.69) is 31.2 Å². The lowest BCUT2D eigenvalue weighted by molar-refractivity contribution is -0.134. The van der Waals surface area contributed by atoms with E-state index >= 15 is 0 Å². The summed E-state index contributed by atoms with van der Waals surface area (Å²) in [4.78, 5) is 11.7. The van der Waals surface area contributed by atoms with Gasteiger partial charge in [-0.3, -0.25) is 0 Å². The van der Waals surface area contributed by atoms with Crippen LogP contribution in [0.2, 0.25) is 0 Å². The summed E-state index contributed by atoms with van der Waals surface area (Å²) in [5, 5.41) is 0. The Morgan fingerprint density at radius 1 is 1.03 bits per heavy atom. The van der Waals surface area contributed by atoms with Gasteiger partial charge in [0.2, 0.25) is 0 Å². The van der Waals surface area contributed by atoms with Gasteiger partial charge in [0.05, 0.1) is 13.2 Å². The Kier molecular flexibility index (Phi) is 6.33. The Morgan fingerprint density at radius 3 is 2.37 bits per heavy atom. The molecular formula is C26H29FO3. The first-order chi connectivity index (χ1) is 14.5. The van der Waals surface area contributed by atoms with Gasteiger partial charge in [-0.25, -0.2) is 9.18 Å². The van der Waals surface area contributed by atoms with Gasteiger partial charge in [0.25, 0.3) is 0 Å². The van der Waals surface area contributed by atoms with Gasteiger partial charge in [0.1, 0.15) is 11.9 Å². The highest BCUT2D eigenvalue weighted by Gasteiger charge is 2.42. The summed E-state index contributed by atoms with van der Waals surface area (Å²) in [6.07, 6.45) is 7.83. The van der Waals surface area contributed by atoms with Crippen molar-refractivity contribution in [2.45, 2.75) is 44.8 Å². The molecule has 0 saturated heterocycles. The Hall–Kier alpha value is -2.46. The maximum Gasteiger partial charge on any atom is 0.330 e. The fraction of sp³-hybridized carbons (Fsp3) is 0.423. The van der Waals surface area contributed by atoms with Crippen molar-refractivity contribution in [3.8, 4) is 0 Å². The number of hydrogen-bond acceptors (Lipinski definition) is 3. The first-order valence-corrected chi connectivity index (χ1v) is 10.8. The average molecular weight is 409 g/mol. The zero-order valence-electron chi connectivity index (χ0n) is 17.6. The number of methoxy groups -OCH3 is 1. The third-order valence-electron chi connectivity index (χ3n) is 6.64. The highest BCUT2D eigenvalue weighted by atomic mass is 19.1. The van der Waals surface area contributed by atoms with E-state index in [1.165, 1.54) is 44.1 Å². The molecule has 0 heterocycles. The number of ether oxygens (including phenoxy) is 2. The van der Waals surface area contributed by atoms with Crippen molar-refractivity contribution in [2.75, 3.05) is 7.11 Å². The standard InChI is InChI=1S/C26H29FO3/c1-17-3-6-19(7-4-17)26(20-9-11-22(27)12-10-20)30-24-16-18-5-8-21(15-18)23(24)13-14-25(28)29-2/h3-4,6-7,9-14,18,21,23-24,26H,5,8,15-16H2,1-2H3/b14-13+/t18?,21?,23-,24+,26?/m1/s1. The number of aryl methyl sites for hydroxylation is 1. The summed E-state index contributed by atoms with van der Waals surface area (Å²) in [6.45, 7) is 2.06. The Labute approximate surface area is 177 Å². The largest absolute Gasteiger partial charge is 0.466 e. The van der Waals surface area contributed by atoms with Gasteiger partial charge in [-0.15, -0.1) is 0 Å². The fourth-order valence-electron chi connectivity index (χ4n) is 5.05. The lowest BCUT2D eigenvalue weighted by atomic mass is 9.77. The molecule has 5 atom stereocenters. The fourth-order valence-corrected chi connectivity index (χ4v) is 5.05. The van der Waals surface area contributed by atoms with Gasteiger partial charge in [0, 0.05) is 12.0 Å². The molecule has 0 aliphatic heterocycles. The summed E-state index contributed by atoms with van der Waals surface area (Å²) in [5.41, 5.74) is 3.18. The van der Waals surface area contributed by atoms with E-state index in [-0.39, 0.29) is 29.9 Å². The molecule has 2 bridgehead atoms. The molecule has 2 saturated carbocycles. The van der Waals surface area contributed by atoms with Crippen molar-refractivity contribution in [3.05, 3.63) is 83.2 Å². The quantitative estimate of drug-likeness (QED) is 0.449. The maximum absolute atomic E-state index is 13.6. The van der Waals surface area contributed by atoms with Crippen molar-refractivity contribution < 1.29 is 18.7 Å². The molecule has 4 rings (SSSR count). The van der Waals surface area contributed by atoms with Crippen molar-refractivity contribution in [1.29, 1.82) is 0 Å². The number of halogens is 1. The third kappa shape index (κ3) is 4.65. The van der Waals surface area contributed by atoms with Gasteiger partial charge in [-0.1, -0.05) is 54.5 Å². The number of esters is 1. The SMILES string of the molecule is COC(=O)/C=C/[C@@H]1C2CCC(C2)C[C@@H]1OC(c1ccc(C)cc1)c1ccc(F)cc1. The molecule has 3 nitrogen and oxygen atoms in total. The Bertz CT molecular complexity index is 842. The first kappa shape index (κ1) is 20.8. The van der Waals surface area contributed by atoms with Gasteiger partial charge < -0.3 is 9.47 Å². The van der Waals surface area contributed by atoms with Crippen LogP contribution < -0.4 is 0 Å². The van der Waals surface area contributed by atoms with Crippen LogP contribution in [-0.2, 0) is 14.3 Å². The minimum Gasteiger partial charge on any atom is -0.466 e. The van der Waals surface area contributed by atoms with Gasteiger partial charge >= 0.3 is 5.97 Å². The lowest BCUT2D eigenvalue weighted by Crippen LogP contribution is -2.34. The summed E-state index contributed by atoms with van der Waals surface area (Å²) < 4.78 is 25.1. The highest BCUT2D eigenvalue weighted by Crippen LogP contribution is 2.48. The number of carbonyl (C=O) groups excluding carboxylic acids is 1. The zero-order valence-corrected chi connectivity index (χ0v) is 17.6. The molecule has 0 radical (unpaired) electrons. The van der Waals surface area contributed by atoms with Crippen LogP contribution in [0.3, 0.4) is 0 Å². The predicted octanol–water partition coefficient (Wildman–Crippen LogP) is 5.77. The summed E-state index contributed by atoms with van der Waals surface area (Å²) in [6, 6.07) is 14.9. The van der Waals surface area contributed by atoms with Crippen molar-refractivity contribution in [1.82, 2.24) is 0 Å². The lowest BCUT2D eigenvalue weighted by Gasteiger charge is -2.37. The van der Waals surface area contributed by atoms with Crippen molar-refractivity contribution >= 4 is 5.97 Å². The Morgan fingerprint density at radius 2 is 1.70 bits per heavy atom. The monoisotopic (exact) mass is 408 g/mol. The van der Waals surface area contributed by atoms with E-state index in [4.69, 9.17) is 9.47 Å². The van der Waals surface area contributed by atoms with Crippen LogP contribution in [0.25, 0.3) is 0 Å². The molecule has 2 aliphatic rings. The van der Waals surface area contributed by atoms with E-state index in [9.17, 15) is 9.18 Å². The molecule has 0 spiro atoms. The molecule has 158 valence electrons. The van der Waals surface area contributed by atoms with E-state index in [0.717, 1.165) is 17.5 Å². The second-order valence-electron chi connectivity index (χ2n) is 8.65. The molecule has 0 amide bonds. The smallest absolute Gasteiger partial charge is 0.330 e. The van der Waals surface area contributed by atoms with E-state index in [0.29, 0.717) is 11.8 Å². The second kappa shape index (κ2) is 9.13. The second-order valence-corrected chi connectivity index (χ2v) is 8.65. The number of fused-ring (bicyclic) bond motifs is 2. The molecule has 2 aromatic rings. The topological polar surface area (TPSA) is 35.5 Å². The van der Waals surface area contributed by atoms with Crippen LogP contribution >= 0.6 is 0 Å². The minimum atomic E-state index is -0.331. The number of benzene rings is 2. The van der Waals surface area contributed by atoms with Crippen LogP contribution in [0.15, 0.2) is 60.7 Å². The molecule has 2 aliphatic carbocycles. The molecular weight excluding hydrogens is 379 g/mol. The van der Waals surface area contributed by atoms with Crippen molar-refractivity contribution in [3.63, 3.8) is 0 Å². The summed E-state index contributed by atoms with van der Waals surface area (Å²) >= 11 is 0. The molecule has 4 heteroatoms.